The Bertz CT molecular complexity index is 507. The Morgan fingerprint density at radius 2 is 2.11 bits per heavy atom. The first-order valence-corrected chi connectivity index (χ1v) is 6.88. The van der Waals surface area contributed by atoms with E-state index in [0.29, 0.717) is 11.7 Å². The van der Waals surface area contributed by atoms with E-state index < -0.39 is 0 Å². The molecule has 1 aliphatic heterocycles. The van der Waals surface area contributed by atoms with Crippen molar-refractivity contribution >= 4 is 5.78 Å². The Balaban J connectivity index is 2.13. The SMILES string of the molecule is CC1=CC(C)=C2C(=O)CC3CCN(C)CC3=C2C1. The van der Waals surface area contributed by atoms with Crippen molar-refractivity contribution in [2.24, 2.45) is 5.92 Å². The molecule has 2 heteroatoms. The van der Waals surface area contributed by atoms with E-state index in [1.54, 1.807) is 5.57 Å². The van der Waals surface area contributed by atoms with Gasteiger partial charge in [0.05, 0.1) is 0 Å². The molecule has 1 fully saturated rings. The number of piperidine rings is 1. The molecule has 18 heavy (non-hydrogen) atoms. The third kappa shape index (κ3) is 1.79. The van der Waals surface area contributed by atoms with Crippen LogP contribution in [0, 0.1) is 5.92 Å². The maximum atomic E-state index is 12.3. The Kier molecular flexibility index (Phi) is 2.78. The van der Waals surface area contributed by atoms with Crippen LogP contribution in [0.2, 0.25) is 0 Å². The molecule has 0 saturated carbocycles. The fraction of sp³-hybridized carbons (Fsp3) is 0.562. The van der Waals surface area contributed by atoms with Gasteiger partial charge in [0.2, 0.25) is 0 Å². The second kappa shape index (κ2) is 4.20. The number of hydrogen-bond donors (Lipinski definition) is 0. The van der Waals surface area contributed by atoms with Crippen LogP contribution in [0.25, 0.3) is 0 Å². The van der Waals surface area contributed by atoms with E-state index in [-0.39, 0.29) is 0 Å². The Hall–Kier alpha value is -1.15. The highest BCUT2D eigenvalue weighted by Crippen LogP contribution is 2.42. The lowest BCUT2D eigenvalue weighted by molar-refractivity contribution is -0.116. The summed E-state index contributed by atoms with van der Waals surface area (Å²) >= 11 is 0. The molecule has 1 unspecified atom stereocenters. The summed E-state index contributed by atoms with van der Waals surface area (Å²) in [6.45, 7) is 6.44. The van der Waals surface area contributed by atoms with Crippen LogP contribution in [0.3, 0.4) is 0 Å². The minimum Gasteiger partial charge on any atom is -0.302 e. The van der Waals surface area contributed by atoms with Crippen molar-refractivity contribution in [3.63, 3.8) is 0 Å². The maximum absolute atomic E-state index is 12.3. The molecule has 0 N–H and O–H groups in total. The van der Waals surface area contributed by atoms with Gasteiger partial charge in [-0.3, -0.25) is 4.79 Å². The average molecular weight is 243 g/mol. The van der Waals surface area contributed by atoms with Crippen LogP contribution in [0.15, 0.2) is 33.9 Å². The standard InChI is InChI=1S/C16H21NO/c1-10-6-11(2)16-13(7-10)14-9-17(3)5-4-12(14)8-15(16)18/h6,12H,4-5,7-9H2,1-3H3. The van der Waals surface area contributed by atoms with E-state index in [0.717, 1.165) is 37.9 Å². The van der Waals surface area contributed by atoms with E-state index in [9.17, 15) is 4.79 Å². The van der Waals surface area contributed by atoms with Gasteiger partial charge < -0.3 is 4.90 Å². The van der Waals surface area contributed by atoms with E-state index in [4.69, 9.17) is 0 Å². The topological polar surface area (TPSA) is 20.3 Å². The Labute approximate surface area is 109 Å². The van der Waals surface area contributed by atoms with Gasteiger partial charge in [-0.05, 0) is 62.9 Å². The van der Waals surface area contributed by atoms with E-state index in [1.807, 2.05) is 0 Å². The van der Waals surface area contributed by atoms with Crippen LogP contribution >= 0.6 is 0 Å². The number of nitrogens with zero attached hydrogens (tertiary/aromatic N) is 1. The summed E-state index contributed by atoms with van der Waals surface area (Å²) in [5.41, 5.74) is 6.52. The summed E-state index contributed by atoms with van der Waals surface area (Å²) in [4.78, 5) is 14.7. The van der Waals surface area contributed by atoms with E-state index in [1.165, 1.54) is 16.7 Å². The lowest BCUT2D eigenvalue weighted by Gasteiger charge is -2.38. The molecule has 0 radical (unpaired) electrons. The molecule has 96 valence electrons. The molecular weight excluding hydrogens is 222 g/mol. The van der Waals surface area contributed by atoms with Gasteiger partial charge in [0.25, 0.3) is 0 Å². The second-order valence-corrected chi connectivity index (χ2v) is 6.08. The Morgan fingerprint density at radius 1 is 1.33 bits per heavy atom. The van der Waals surface area contributed by atoms with Gasteiger partial charge in [0.15, 0.2) is 5.78 Å². The molecule has 0 aromatic heterocycles. The van der Waals surface area contributed by atoms with Crippen LogP contribution < -0.4 is 0 Å². The summed E-state index contributed by atoms with van der Waals surface area (Å²) in [5.74, 6) is 0.899. The number of ketones is 1. The highest BCUT2D eigenvalue weighted by atomic mass is 16.1. The summed E-state index contributed by atoms with van der Waals surface area (Å²) in [6.07, 6.45) is 5.06. The van der Waals surface area contributed by atoms with Gasteiger partial charge in [-0.25, -0.2) is 0 Å². The fourth-order valence-corrected chi connectivity index (χ4v) is 3.70. The molecule has 1 saturated heterocycles. The molecule has 0 aromatic carbocycles. The fourth-order valence-electron chi connectivity index (χ4n) is 3.70. The quantitative estimate of drug-likeness (QED) is 0.652. The van der Waals surface area contributed by atoms with Crippen LogP contribution in [-0.2, 0) is 4.79 Å². The number of fused-ring (bicyclic) bond motifs is 2. The van der Waals surface area contributed by atoms with Gasteiger partial charge in [-0.1, -0.05) is 11.6 Å². The van der Waals surface area contributed by atoms with Crippen LogP contribution in [-0.4, -0.2) is 30.8 Å². The molecular formula is C16H21NO. The molecule has 3 rings (SSSR count). The number of Topliss-reactive ketones (excluding diaryl/α,β-unsaturated/α-hetero) is 1. The van der Waals surface area contributed by atoms with Crippen molar-refractivity contribution in [2.75, 3.05) is 20.1 Å². The van der Waals surface area contributed by atoms with Crippen molar-refractivity contribution in [2.45, 2.75) is 33.1 Å². The van der Waals surface area contributed by atoms with Crippen molar-refractivity contribution in [3.05, 3.63) is 33.9 Å². The molecule has 2 aliphatic carbocycles. The molecule has 2 nitrogen and oxygen atoms in total. The number of carbonyl (C=O) groups excluding carboxylic acids is 1. The van der Waals surface area contributed by atoms with Crippen molar-refractivity contribution < 1.29 is 4.79 Å². The number of rotatable bonds is 0. The van der Waals surface area contributed by atoms with Crippen LogP contribution in [0.5, 0.6) is 0 Å². The lowest BCUT2D eigenvalue weighted by atomic mass is 9.71. The van der Waals surface area contributed by atoms with Crippen molar-refractivity contribution in [1.82, 2.24) is 4.90 Å². The minimum absolute atomic E-state index is 0.379. The zero-order valence-corrected chi connectivity index (χ0v) is 11.5. The normalized spacial score (nSPS) is 29.2. The highest BCUT2D eigenvalue weighted by Gasteiger charge is 2.35. The van der Waals surface area contributed by atoms with Crippen molar-refractivity contribution in [1.29, 1.82) is 0 Å². The average Bonchev–Trinajstić information content (AvgIpc) is 2.29. The first-order chi connectivity index (χ1) is 8.56. The van der Waals surface area contributed by atoms with Crippen molar-refractivity contribution in [3.8, 4) is 0 Å². The Morgan fingerprint density at radius 3 is 2.89 bits per heavy atom. The predicted octanol–water partition coefficient (Wildman–Crippen LogP) is 2.87. The van der Waals surface area contributed by atoms with Gasteiger partial charge in [0, 0.05) is 18.5 Å². The second-order valence-electron chi connectivity index (χ2n) is 6.08. The maximum Gasteiger partial charge on any atom is 0.164 e. The van der Waals surface area contributed by atoms with E-state index in [2.05, 4.69) is 31.9 Å². The molecule has 3 aliphatic rings. The minimum atomic E-state index is 0.379. The van der Waals surface area contributed by atoms with Gasteiger partial charge in [0.1, 0.15) is 0 Å². The molecule has 1 atom stereocenters. The van der Waals surface area contributed by atoms with Gasteiger partial charge in [-0.15, -0.1) is 0 Å². The highest BCUT2D eigenvalue weighted by molar-refractivity contribution is 6.03. The largest absolute Gasteiger partial charge is 0.302 e. The third-order valence-corrected chi connectivity index (χ3v) is 4.51. The number of allylic oxidation sites excluding steroid dienone is 5. The monoisotopic (exact) mass is 243 g/mol. The molecule has 1 heterocycles. The first kappa shape index (κ1) is 11.9. The van der Waals surface area contributed by atoms with Gasteiger partial charge >= 0.3 is 0 Å². The summed E-state index contributed by atoms with van der Waals surface area (Å²) in [7, 11) is 2.18. The number of likely N-dealkylation sites (tertiary alicyclic amines) is 1. The number of carbonyl (C=O) groups is 1. The van der Waals surface area contributed by atoms with Crippen LogP contribution in [0.1, 0.15) is 33.1 Å². The summed E-state index contributed by atoms with van der Waals surface area (Å²) in [6, 6.07) is 0. The molecule has 0 bridgehead atoms. The smallest absolute Gasteiger partial charge is 0.164 e. The first-order valence-electron chi connectivity index (χ1n) is 6.88. The summed E-state index contributed by atoms with van der Waals surface area (Å²) in [5, 5.41) is 0. The molecule has 0 amide bonds. The lowest BCUT2D eigenvalue weighted by Crippen LogP contribution is -2.37. The zero-order chi connectivity index (χ0) is 12.9. The zero-order valence-electron chi connectivity index (χ0n) is 11.5. The predicted molar refractivity (Wildman–Crippen MR) is 73.3 cm³/mol. The molecule has 0 aromatic rings. The van der Waals surface area contributed by atoms with Gasteiger partial charge in [-0.2, -0.15) is 0 Å². The van der Waals surface area contributed by atoms with E-state index >= 15 is 0 Å². The van der Waals surface area contributed by atoms with Crippen LogP contribution in [0.4, 0.5) is 0 Å². The number of likely N-dealkylation sites (N-methyl/N-ethyl adjacent to an activating group) is 1. The summed E-state index contributed by atoms with van der Waals surface area (Å²) < 4.78 is 0. The molecule has 0 spiro atoms. The number of hydrogen-bond acceptors (Lipinski definition) is 2. The third-order valence-electron chi connectivity index (χ3n) is 4.51.